The quantitative estimate of drug-likeness (QED) is 0.716. The molecular weight excluding hydrogens is 236 g/mol. The van der Waals surface area contributed by atoms with Gasteiger partial charge in [0.2, 0.25) is 0 Å². The summed E-state index contributed by atoms with van der Waals surface area (Å²) in [5, 5.41) is 18.6. The molecule has 0 saturated heterocycles. The van der Waals surface area contributed by atoms with Crippen molar-refractivity contribution in [1.29, 1.82) is 5.41 Å². The Morgan fingerprint density at radius 3 is 2.89 bits per heavy atom. The van der Waals surface area contributed by atoms with E-state index in [0.29, 0.717) is 11.8 Å². The second kappa shape index (κ2) is 4.88. The second-order valence-electron chi connectivity index (χ2n) is 4.98. The maximum Gasteiger partial charge on any atom is 0.0650 e. The molecule has 0 radical (unpaired) electrons. The number of H-pyrrole nitrogens is 1. The van der Waals surface area contributed by atoms with Gasteiger partial charge in [-0.15, -0.1) is 0 Å². The van der Waals surface area contributed by atoms with E-state index in [1.165, 1.54) is 12.8 Å². The molecule has 0 spiro atoms. The summed E-state index contributed by atoms with van der Waals surface area (Å²) in [6.45, 7) is 2.02. The van der Waals surface area contributed by atoms with Crippen LogP contribution in [0.15, 0.2) is 30.5 Å². The van der Waals surface area contributed by atoms with Crippen LogP contribution in [0.25, 0.3) is 11.3 Å². The Balaban J connectivity index is 1.99. The Labute approximate surface area is 112 Å². The van der Waals surface area contributed by atoms with Crippen molar-refractivity contribution in [2.24, 2.45) is 0 Å². The number of nitrogens with one attached hydrogen (secondary N) is 3. The molecule has 4 nitrogen and oxygen atoms in total. The van der Waals surface area contributed by atoms with E-state index in [-0.39, 0.29) is 0 Å². The first-order valence-corrected chi connectivity index (χ1v) is 6.76. The summed E-state index contributed by atoms with van der Waals surface area (Å²) in [7, 11) is 0. The van der Waals surface area contributed by atoms with Gasteiger partial charge in [-0.3, -0.25) is 5.10 Å². The van der Waals surface area contributed by atoms with Gasteiger partial charge < -0.3 is 10.7 Å². The Morgan fingerprint density at radius 1 is 1.42 bits per heavy atom. The Morgan fingerprint density at radius 2 is 2.26 bits per heavy atom. The smallest absolute Gasteiger partial charge is 0.0650 e. The van der Waals surface area contributed by atoms with Crippen LogP contribution in [0.3, 0.4) is 0 Å². The van der Waals surface area contributed by atoms with E-state index in [4.69, 9.17) is 5.41 Å². The maximum atomic E-state index is 8.07. The third-order valence-corrected chi connectivity index (χ3v) is 3.45. The second-order valence-corrected chi connectivity index (χ2v) is 4.98. The van der Waals surface area contributed by atoms with Crippen molar-refractivity contribution in [3.63, 3.8) is 0 Å². The van der Waals surface area contributed by atoms with Gasteiger partial charge in [0.15, 0.2) is 0 Å². The highest BCUT2D eigenvalue weighted by atomic mass is 15.1. The predicted molar refractivity (Wildman–Crippen MR) is 77.8 cm³/mol. The summed E-state index contributed by atoms with van der Waals surface area (Å²) in [4.78, 5) is 0. The highest BCUT2D eigenvalue weighted by Crippen LogP contribution is 2.30. The summed E-state index contributed by atoms with van der Waals surface area (Å²) in [5.41, 5.74) is 4.88. The molecule has 4 heteroatoms. The van der Waals surface area contributed by atoms with Crippen LogP contribution < -0.4 is 5.32 Å². The molecule has 1 heterocycles. The number of anilines is 1. The van der Waals surface area contributed by atoms with Gasteiger partial charge in [0.25, 0.3) is 0 Å². The van der Waals surface area contributed by atoms with Crippen LogP contribution in [-0.2, 0) is 0 Å². The van der Waals surface area contributed by atoms with Gasteiger partial charge in [-0.2, -0.15) is 5.10 Å². The molecule has 0 atom stereocenters. The van der Waals surface area contributed by atoms with E-state index in [1.807, 2.05) is 25.1 Å². The van der Waals surface area contributed by atoms with Crippen LogP contribution in [-0.4, -0.2) is 22.0 Å². The SMILES string of the molecule is CCC(=N)c1ccc(-c2ccn[nH]2)cc1NC1CC1. The molecule has 0 amide bonds. The zero-order valence-electron chi connectivity index (χ0n) is 11.0. The third kappa shape index (κ3) is 2.52. The standard InChI is InChI=1S/C15H18N4/c1-2-13(16)12-6-3-10(14-7-8-17-19-14)9-15(12)18-11-4-5-11/h3,6-9,11,16,18H,2,4-5H2,1H3,(H,17,19). The minimum absolute atomic E-state index is 0.584. The van der Waals surface area contributed by atoms with Gasteiger partial charge in [0.1, 0.15) is 0 Å². The molecule has 0 bridgehead atoms. The average molecular weight is 254 g/mol. The van der Waals surface area contributed by atoms with Gasteiger partial charge in [-0.25, -0.2) is 0 Å². The van der Waals surface area contributed by atoms with E-state index in [1.54, 1.807) is 6.20 Å². The van der Waals surface area contributed by atoms with Crippen LogP contribution in [0, 0.1) is 5.41 Å². The van der Waals surface area contributed by atoms with Crippen molar-refractivity contribution < 1.29 is 0 Å². The van der Waals surface area contributed by atoms with E-state index in [2.05, 4.69) is 21.6 Å². The molecule has 1 aliphatic rings. The lowest BCUT2D eigenvalue weighted by molar-refractivity contribution is 1.09. The lowest BCUT2D eigenvalue weighted by Crippen LogP contribution is -2.08. The van der Waals surface area contributed by atoms with Crippen LogP contribution in [0.2, 0.25) is 0 Å². The average Bonchev–Trinajstić information content (AvgIpc) is 3.08. The number of aromatic nitrogens is 2. The highest BCUT2D eigenvalue weighted by Gasteiger charge is 2.22. The van der Waals surface area contributed by atoms with Gasteiger partial charge in [-0.1, -0.05) is 19.1 Å². The minimum Gasteiger partial charge on any atom is -0.382 e. The Bertz CT molecular complexity index is 582. The van der Waals surface area contributed by atoms with E-state index in [9.17, 15) is 0 Å². The predicted octanol–water partition coefficient (Wildman–Crippen LogP) is 3.43. The number of nitrogens with zero attached hydrogens (tertiary/aromatic N) is 1. The number of hydrogen-bond acceptors (Lipinski definition) is 3. The first-order valence-electron chi connectivity index (χ1n) is 6.76. The van der Waals surface area contributed by atoms with E-state index < -0.39 is 0 Å². The molecule has 1 saturated carbocycles. The van der Waals surface area contributed by atoms with Crippen LogP contribution >= 0.6 is 0 Å². The van der Waals surface area contributed by atoms with Gasteiger partial charge >= 0.3 is 0 Å². The third-order valence-electron chi connectivity index (χ3n) is 3.45. The molecule has 3 N–H and O–H groups in total. The lowest BCUT2D eigenvalue weighted by atomic mass is 10.0. The summed E-state index contributed by atoms with van der Waals surface area (Å²) in [5.74, 6) is 0. The number of hydrogen-bond donors (Lipinski definition) is 3. The molecule has 1 aliphatic carbocycles. The molecule has 3 rings (SSSR count). The van der Waals surface area contributed by atoms with Crippen molar-refractivity contribution in [2.75, 3.05) is 5.32 Å². The summed E-state index contributed by atoms with van der Waals surface area (Å²) >= 11 is 0. The largest absolute Gasteiger partial charge is 0.382 e. The first-order chi connectivity index (χ1) is 9.28. The molecule has 2 aromatic rings. The molecular formula is C15H18N4. The molecule has 1 aromatic carbocycles. The van der Waals surface area contributed by atoms with Gasteiger partial charge in [0.05, 0.1) is 5.69 Å². The molecule has 1 aromatic heterocycles. The fourth-order valence-electron chi connectivity index (χ4n) is 2.15. The molecule has 0 aliphatic heterocycles. The van der Waals surface area contributed by atoms with Crippen molar-refractivity contribution in [3.05, 3.63) is 36.0 Å². The van der Waals surface area contributed by atoms with Crippen molar-refractivity contribution in [2.45, 2.75) is 32.2 Å². The van der Waals surface area contributed by atoms with Crippen LogP contribution in [0.1, 0.15) is 31.7 Å². The molecule has 19 heavy (non-hydrogen) atoms. The zero-order valence-corrected chi connectivity index (χ0v) is 11.0. The first kappa shape index (κ1) is 12.0. The molecule has 98 valence electrons. The monoisotopic (exact) mass is 254 g/mol. The van der Waals surface area contributed by atoms with E-state index in [0.717, 1.165) is 28.9 Å². The minimum atomic E-state index is 0.584. The van der Waals surface area contributed by atoms with Crippen LogP contribution in [0.5, 0.6) is 0 Å². The maximum absolute atomic E-state index is 8.07. The fraction of sp³-hybridized carbons (Fsp3) is 0.333. The molecule has 0 unspecified atom stereocenters. The normalized spacial score (nSPS) is 14.4. The van der Waals surface area contributed by atoms with E-state index >= 15 is 0 Å². The Kier molecular flexibility index (Phi) is 3.07. The summed E-state index contributed by atoms with van der Waals surface area (Å²) in [6.07, 6.45) is 4.97. The summed E-state index contributed by atoms with van der Waals surface area (Å²) in [6, 6.07) is 8.74. The van der Waals surface area contributed by atoms with Crippen molar-refractivity contribution in [1.82, 2.24) is 10.2 Å². The fourth-order valence-corrected chi connectivity index (χ4v) is 2.15. The lowest BCUT2D eigenvalue weighted by Gasteiger charge is -2.13. The van der Waals surface area contributed by atoms with Gasteiger partial charge in [-0.05, 0) is 31.4 Å². The number of benzene rings is 1. The Hall–Kier alpha value is -2.10. The van der Waals surface area contributed by atoms with Gasteiger partial charge in [0, 0.05) is 34.8 Å². The highest BCUT2D eigenvalue weighted by molar-refractivity contribution is 6.03. The van der Waals surface area contributed by atoms with Crippen LogP contribution in [0.4, 0.5) is 5.69 Å². The van der Waals surface area contributed by atoms with Crippen molar-refractivity contribution >= 4 is 11.4 Å². The van der Waals surface area contributed by atoms with Crippen molar-refractivity contribution in [3.8, 4) is 11.3 Å². The number of rotatable bonds is 5. The zero-order chi connectivity index (χ0) is 13.2. The topological polar surface area (TPSA) is 64.6 Å². The number of aromatic amines is 1. The summed E-state index contributed by atoms with van der Waals surface area (Å²) < 4.78 is 0. The molecule has 1 fully saturated rings.